The number of aromatic nitrogens is 1. The summed E-state index contributed by atoms with van der Waals surface area (Å²) in [6.45, 7) is 4.87. The second-order valence-corrected chi connectivity index (χ2v) is 4.43. The van der Waals surface area contributed by atoms with E-state index in [1.54, 1.807) is 6.20 Å². The minimum Gasteiger partial charge on any atom is -0.316 e. The molecule has 1 N–H and O–H groups in total. The smallest absolute Gasteiger partial charge is 0.150 e. The van der Waals surface area contributed by atoms with E-state index in [0.717, 1.165) is 29.5 Å². The van der Waals surface area contributed by atoms with Gasteiger partial charge in [-0.15, -0.1) is 0 Å². The number of nitrogens with one attached hydrogen (secondary N) is 1. The van der Waals surface area contributed by atoms with E-state index in [9.17, 15) is 4.79 Å². The van der Waals surface area contributed by atoms with E-state index in [0.29, 0.717) is 0 Å². The first-order chi connectivity index (χ1) is 9.15. The monoisotopic (exact) mass is 256 g/mol. The van der Waals surface area contributed by atoms with E-state index in [1.165, 1.54) is 5.56 Å². The van der Waals surface area contributed by atoms with Crippen molar-refractivity contribution in [1.29, 1.82) is 0 Å². The van der Waals surface area contributed by atoms with Gasteiger partial charge in [0.15, 0.2) is 0 Å². The maximum absolute atomic E-state index is 10.3. The fourth-order valence-electron chi connectivity index (χ4n) is 1.78. The van der Waals surface area contributed by atoms with Crippen LogP contribution in [0.15, 0.2) is 42.7 Å². The molecule has 1 aromatic carbocycles. The standard InChI is InChI=1S/C9H10O.C7H10N2/c1-7-3-8(2)5-9(4-7)6-10;1-8-5-7-3-2-4-9-6-7/h3-6H,1-2H3;2-4,6,8H,5H2,1H3. The summed E-state index contributed by atoms with van der Waals surface area (Å²) in [6, 6.07) is 9.78. The summed E-state index contributed by atoms with van der Waals surface area (Å²) >= 11 is 0. The van der Waals surface area contributed by atoms with Gasteiger partial charge in [0.2, 0.25) is 0 Å². The third-order valence-corrected chi connectivity index (χ3v) is 2.48. The van der Waals surface area contributed by atoms with Gasteiger partial charge in [-0.05, 0) is 44.7 Å². The zero-order valence-electron chi connectivity index (χ0n) is 11.7. The fraction of sp³-hybridized carbons (Fsp3) is 0.250. The van der Waals surface area contributed by atoms with Gasteiger partial charge in [-0.25, -0.2) is 0 Å². The number of pyridine rings is 1. The first kappa shape index (κ1) is 15.1. The van der Waals surface area contributed by atoms with Gasteiger partial charge in [-0.3, -0.25) is 9.78 Å². The lowest BCUT2D eigenvalue weighted by Crippen LogP contribution is -2.04. The first-order valence-electron chi connectivity index (χ1n) is 6.22. The third-order valence-electron chi connectivity index (χ3n) is 2.48. The predicted molar refractivity (Wildman–Crippen MR) is 78.3 cm³/mol. The normalized spacial score (nSPS) is 9.42. The first-order valence-corrected chi connectivity index (χ1v) is 6.22. The molecule has 0 unspecified atom stereocenters. The molecule has 19 heavy (non-hydrogen) atoms. The number of aryl methyl sites for hydroxylation is 2. The maximum Gasteiger partial charge on any atom is 0.150 e. The number of hydrogen-bond donors (Lipinski definition) is 1. The minimum atomic E-state index is 0.762. The molecule has 0 spiro atoms. The molecule has 0 saturated carbocycles. The highest BCUT2D eigenvalue weighted by Crippen LogP contribution is 2.05. The van der Waals surface area contributed by atoms with Crippen molar-refractivity contribution in [3.05, 3.63) is 65.0 Å². The van der Waals surface area contributed by atoms with Crippen LogP contribution in [0.25, 0.3) is 0 Å². The molecule has 1 aromatic heterocycles. The van der Waals surface area contributed by atoms with E-state index >= 15 is 0 Å². The molecule has 0 bridgehead atoms. The molecule has 0 saturated heterocycles. The molecule has 100 valence electrons. The summed E-state index contributed by atoms with van der Waals surface area (Å²) in [5, 5.41) is 3.04. The molecular formula is C16H20N2O. The molecule has 3 nitrogen and oxygen atoms in total. The second kappa shape index (κ2) is 8.16. The second-order valence-electron chi connectivity index (χ2n) is 4.43. The van der Waals surface area contributed by atoms with Crippen molar-refractivity contribution in [2.24, 2.45) is 0 Å². The molecular weight excluding hydrogens is 236 g/mol. The van der Waals surface area contributed by atoms with Crippen LogP contribution in [0.1, 0.15) is 27.0 Å². The average molecular weight is 256 g/mol. The highest BCUT2D eigenvalue weighted by Gasteiger charge is 1.91. The molecule has 0 radical (unpaired) electrons. The van der Waals surface area contributed by atoms with Crippen LogP contribution in [-0.2, 0) is 6.54 Å². The number of hydrogen-bond acceptors (Lipinski definition) is 3. The Morgan fingerprint density at radius 2 is 1.89 bits per heavy atom. The molecule has 3 heteroatoms. The number of carbonyl (C=O) groups excluding carboxylic acids is 1. The van der Waals surface area contributed by atoms with E-state index in [-0.39, 0.29) is 0 Å². The molecule has 0 aliphatic rings. The molecule has 0 atom stereocenters. The Bertz CT molecular complexity index is 489. The topological polar surface area (TPSA) is 42.0 Å². The zero-order chi connectivity index (χ0) is 14.1. The Kier molecular flexibility index (Phi) is 6.47. The number of rotatable bonds is 3. The van der Waals surface area contributed by atoms with Crippen molar-refractivity contribution in [3.8, 4) is 0 Å². The van der Waals surface area contributed by atoms with Crippen LogP contribution in [-0.4, -0.2) is 18.3 Å². The van der Waals surface area contributed by atoms with Gasteiger partial charge < -0.3 is 5.32 Å². The third kappa shape index (κ3) is 5.93. The van der Waals surface area contributed by atoms with Crippen LogP contribution < -0.4 is 5.32 Å². The van der Waals surface area contributed by atoms with Crippen molar-refractivity contribution in [2.75, 3.05) is 7.05 Å². The fourth-order valence-corrected chi connectivity index (χ4v) is 1.78. The van der Waals surface area contributed by atoms with Crippen molar-refractivity contribution < 1.29 is 4.79 Å². The Morgan fingerprint density at radius 1 is 1.21 bits per heavy atom. The van der Waals surface area contributed by atoms with Crippen molar-refractivity contribution in [2.45, 2.75) is 20.4 Å². The number of aldehydes is 1. The van der Waals surface area contributed by atoms with Crippen LogP contribution in [0.2, 0.25) is 0 Å². The molecule has 2 rings (SSSR count). The quantitative estimate of drug-likeness (QED) is 0.859. The van der Waals surface area contributed by atoms with E-state index < -0.39 is 0 Å². The highest BCUT2D eigenvalue weighted by molar-refractivity contribution is 5.75. The van der Waals surface area contributed by atoms with Gasteiger partial charge in [0.25, 0.3) is 0 Å². The van der Waals surface area contributed by atoms with E-state index in [1.807, 2.05) is 57.4 Å². The lowest BCUT2D eigenvalue weighted by molar-refractivity contribution is 0.112. The molecule has 0 amide bonds. The Balaban J connectivity index is 0.000000191. The van der Waals surface area contributed by atoms with Gasteiger partial charge in [0.1, 0.15) is 6.29 Å². The lowest BCUT2D eigenvalue weighted by Gasteiger charge is -1.96. The summed E-state index contributed by atoms with van der Waals surface area (Å²) in [5.41, 5.74) is 4.27. The molecule has 1 heterocycles. The van der Waals surface area contributed by atoms with Crippen LogP contribution in [0.3, 0.4) is 0 Å². The van der Waals surface area contributed by atoms with Crippen LogP contribution in [0.4, 0.5) is 0 Å². The molecule has 0 aliphatic heterocycles. The molecule has 0 aliphatic carbocycles. The SMILES string of the molecule is CNCc1cccnc1.Cc1cc(C)cc(C=O)c1. The van der Waals surface area contributed by atoms with Gasteiger partial charge in [0, 0.05) is 24.5 Å². The summed E-state index contributed by atoms with van der Waals surface area (Å²) in [4.78, 5) is 14.3. The van der Waals surface area contributed by atoms with Gasteiger partial charge >= 0.3 is 0 Å². The lowest BCUT2D eigenvalue weighted by atomic mass is 10.1. The van der Waals surface area contributed by atoms with Crippen LogP contribution >= 0.6 is 0 Å². The van der Waals surface area contributed by atoms with Gasteiger partial charge in [-0.1, -0.05) is 23.3 Å². The zero-order valence-corrected chi connectivity index (χ0v) is 11.7. The van der Waals surface area contributed by atoms with E-state index in [2.05, 4.69) is 10.3 Å². The minimum absolute atomic E-state index is 0.762. The maximum atomic E-state index is 10.3. The van der Waals surface area contributed by atoms with Crippen molar-refractivity contribution in [3.63, 3.8) is 0 Å². The summed E-state index contributed by atoms with van der Waals surface area (Å²) in [6.07, 6.45) is 4.51. The van der Waals surface area contributed by atoms with Crippen LogP contribution in [0.5, 0.6) is 0 Å². The van der Waals surface area contributed by atoms with E-state index in [4.69, 9.17) is 0 Å². The number of nitrogens with zero attached hydrogens (tertiary/aromatic N) is 1. The Labute approximate surface area is 114 Å². The van der Waals surface area contributed by atoms with Gasteiger partial charge in [-0.2, -0.15) is 0 Å². The van der Waals surface area contributed by atoms with Crippen LogP contribution in [0, 0.1) is 13.8 Å². The largest absolute Gasteiger partial charge is 0.316 e. The summed E-state index contributed by atoms with van der Waals surface area (Å²) in [5.74, 6) is 0. The number of benzene rings is 1. The predicted octanol–water partition coefficient (Wildman–Crippen LogP) is 2.92. The average Bonchev–Trinajstić information content (AvgIpc) is 2.40. The van der Waals surface area contributed by atoms with Crippen molar-refractivity contribution >= 4 is 6.29 Å². The van der Waals surface area contributed by atoms with Crippen molar-refractivity contribution in [1.82, 2.24) is 10.3 Å². The molecule has 0 fully saturated rings. The summed E-state index contributed by atoms with van der Waals surface area (Å²) < 4.78 is 0. The van der Waals surface area contributed by atoms with Gasteiger partial charge in [0.05, 0.1) is 0 Å². The Morgan fingerprint density at radius 3 is 2.37 bits per heavy atom. The summed E-state index contributed by atoms with van der Waals surface area (Å²) in [7, 11) is 1.92. The molecule has 2 aromatic rings. The highest BCUT2D eigenvalue weighted by atomic mass is 16.1. The Hall–Kier alpha value is -2.00. The number of carbonyl (C=O) groups is 1.